The van der Waals surface area contributed by atoms with E-state index in [2.05, 4.69) is 51.1 Å². The van der Waals surface area contributed by atoms with E-state index in [1.807, 2.05) is 13.0 Å². The van der Waals surface area contributed by atoms with Gasteiger partial charge in [-0.1, -0.05) is 17.9 Å². The van der Waals surface area contributed by atoms with Gasteiger partial charge in [0, 0.05) is 36.0 Å². The maximum absolute atomic E-state index is 12.9. The van der Waals surface area contributed by atoms with Crippen LogP contribution in [-0.2, 0) is 6.18 Å². The Bertz CT molecular complexity index is 1370. The van der Waals surface area contributed by atoms with Crippen LogP contribution in [0, 0.1) is 18.8 Å². The van der Waals surface area contributed by atoms with E-state index in [0.717, 1.165) is 41.8 Å². The second-order valence-electron chi connectivity index (χ2n) is 8.91. The third-order valence-electron chi connectivity index (χ3n) is 6.22. The first-order valence-corrected chi connectivity index (χ1v) is 11.3. The lowest BCUT2D eigenvalue weighted by Crippen LogP contribution is -2.29. The number of pyridine rings is 1. The van der Waals surface area contributed by atoms with Gasteiger partial charge in [-0.25, -0.2) is 4.98 Å². The van der Waals surface area contributed by atoms with Gasteiger partial charge in [0.25, 0.3) is 5.91 Å². The van der Waals surface area contributed by atoms with E-state index in [9.17, 15) is 18.0 Å². The van der Waals surface area contributed by atoms with Crippen molar-refractivity contribution in [2.45, 2.75) is 32.0 Å². The van der Waals surface area contributed by atoms with Crippen LogP contribution in [0.3, 0.4) is 0 Å². The molecule has 1 N–H and O–H groups in total. The molecule has 2 aromatic carbocycles. The van der Waals surface area contributed by atoms with Crippen LogP contribution < -0.4 is 15.1 Å². The van der Waals surface area contributed by atoms with Crippen LogP contribution in [-0.4, -0.2) is 30.6 Å². The maximum Gasteiger partial charge on any atom is 0.416 e. The maximum atomic E-state index is 12.9. The number of anilines is 3. The number of hydrogen-bond donors (Lipinski definition) is 1. The summed E-state index contributed by atoms with van der Waals surface area (Å²) in [6.45, 7) is 2.78. The largest absolute Gasteiger partial charge is 0.416 e. The summed E-state index contributed by atoms with van der Waals surface area (Å²) in [5, 5.41) is 2.43. The summed E-state index contributed by atoms with van der Waals surface area (Å²) >= 11 is 0. The van der Waals surface area contributed by atoms with Crippen LogP contribution in [0.2, 0.25) is 0 Å². The highest BCUT2D eigenvalue weighted by atomic mass is 19.4. The van der Waals surface area contributed by atoms with Crippen LogP contribution in [0.1, 0.15) is 45.5 Å². The van der Waals surface area contributed by atoms with Crippen LogP contribution in [0.5, 0.6) is 0 Å². The molecule has 1 aromatic heterocycles. The Labute approximate surface area is 201 Å². The molecule has 0 bridgehead atoms. The molecule has 1 aliphatic carbocycles. The Balaban J connectivity index is 1.36. The number of rotatable bonds is 3. The van der Waals surface area contributed by atoms with E-state index >= 15 is 0 Å². The van der Waals surface area contributed by atoms with Crippen LogP contribution in [0.25, 0.3) is 0 Å². The number of fused-ring (bicyclic) bond motifs is 1. The summed E-state index contributed by atoms with van der Waals surface area (Å²) in [5.74, 6) is 5.61. The zero-order valence-electron chi connectivity index (χ0n) is 19.3. The number of carbonyl (C=O) groups is 1. The van der Waals surface area contributed by atoms with Crippen molar-refractivity contribution in [3.05, 3.63) is 82.5 Å². The topological polar surface area (TPSA) is 48.5 Å². The monoisotopic (exact) mass is 476 g/mol. The van der Waals surface area contributed by atoms with Gasteiger partial charge in [-0.3, -0.25) is 4.79 Å². The molecule has 0 spiro atoms. The Morgan fingerprint density at radius 1 is 1.06 bits per heavy atom. The molecule has 1 saturated carbocycles. The van der Waals surface area contributed by atoms with E-state index in [4.69, 9.17) is 0 Å². The molecular formula is C27H23F3N4O. The standard InChI is InChI=1S/C27H23F3N4O/c1-17-3-6-20(26(35)32-25-15-21(11-12-31-25)27(28,29)30)14-19(17)7-4-18-5-10-23-24(13-18)33(2)16-34(23)22-8-9-22/h3,5-6,10-15,22H,8-9,16H2,1-2H3,(H,31,32,35). The molecule has 178 valence electrons. The lowest BCUT2D eigenvalue weighted by atomic mass is 10.0. The second-order valence-corrected chi connectivity index (χ2v) is 8.91. The fourth-order valence-corrected chi connectivity index (χ4v) is 4.13. The number of carbonyl (C=O) groups excluding carboxylic acids is 1. The molecule has 1 fully saturated rings. The molecule has 0 unspecified atom stereocenters. The number of alkyl halides is 3. The van der Waals surface area contributed by atoms with Crippen molar-refractivity contribution < 1.29 is 18.0 Å². The Kier molecular flexibility index (Phi) is 5.64. The Hall–Kier alpha value is -3.99. The molecule has 3 aromatic rings. The highest BCUT2D eigenvalue weighted by molar-refractivity contribution is 6.04. The minimum Gasteiger partial charge on any atom is -0.355 e. The molecule has 5 nitrogen and oxygen atoms in total. The van der Waals surface area contributed by atoms with Gasteiger partial charge in [0.15, 0.2) is 0 Å². The fourth-order valence-electron chi connectivity index (χ4n) is 4.13. The predicted molar refractivity (Wildman–Crippen MR) is 130 cm³/mol. The van der Waals surface area contributed by atoms with Gasteiger partial charge < -0.3 is 15.1 Å². The lowest BCUT2D eigenvalue weighted by Gasteiger charge is -2.18. The summed E-state index contributed by atoms with van der Waals surface area (Å²) in [4.78, 5) is 21.1. The summed E-state index contributed by atoms with van der Waals surface area (Å²) in [6, 6.07) is 13.5. The van der Waals surface area contributed by atoms with Gasteiger partial charge in [0.1, 0.15) is 5.82 Å². The number of benzene rings is 2. The van der Waals surface area contributed by atoms with E-state index in [-0.39, 0.29) is 11.4 Å². The number of nitrogens with zero attached hydrogens (tertiary/aromatic N) is 3. The van der Waals surface area contributed by atoms with E-state index in [0.29, 0.717) is 11.6 Å². The first-order chi connectivity index (χ1) is 16.7. The average molecular weight is 477 g/mol. The van der Waals surface area contributed by atoms with Crippen molar-refractivity contribution in [2.75, 3.05) is 28.8 Å². The molecule has 0 radical (unpaired) electrons. The van der Waals surface area contributed by atoms with Gasteiger partial charge in [-0.2, -0.15) is 13.2 Å². The zero-order valence-corrected chi connectivity index (χ0v) is 19.3. The minimum absolute atomic E-state index is 0.166. The molecular weight excluding hydrogens is 453 g/mol. The van der Waals surface area contributed by atoms with Gasteiger partial charge in [-0.05, 0) is 67.8 Å². The Morgan fingerprint density at radius 2 is 1.86 bits per heavy atom. The number of halogens is 3. The first kappa shape index (κ1) is 22.8. The van der Waals surface area contributed by atoms with Gasteiger partial charge in [0.05, 0.1) is 23.6 Å². The van der Waals surface area contributed by atoms with Crippen molar-refractivity contribution >= 4 is 23.1 Å². The SMILES string of the molecule is Cc1ccc(C(=O)Nc2cc(C(F)(F)F)ccn2)cc1C#Cc1ccc2c(c1)N(C)CN2C1CC1. The molecule has 8 heteroatoms. The van der Waals surface area contributed by atoms with Crippen molar-refractivity contribution in [1.82, 2.24) is 4.98 Å². The van der Waals surface area contributed by atoms with Crippen LogP contribution in [0.15, 0.2) is 54.7 Å². The van der Waals surface area contributed by atoms with Gasteiger partial charge in [0.2, 0.25) is 0 Å². The van der Waals surface area contributed by atoms with Crippen LogP contribution in [0.4, 0.5) is 30.4 Å². The highest BCUT2D eigenvalue weighted by Gasteiger charge is 2.35. The predicted octanol–water partition coefficient (Wildman–Crippen LogP) is 5.44. The van der Waals surface area contributed by atoms with E-state index in [1.54, 1.807) is 18.2 Å². The zero-order chi connectivity index (χ0) is 24.7. The molecule has 0 saturated heterocycles. The van der Waals surface area contributed by atoms with Crippen molar-refractivity contribution in [3.8, 4) is 11.8 Å². The average Bonchev–Trinajstić information content (AvgIpc) is 3.62. The minimum atomic E-state index is -4.52. The summed E-state index contributed by atoms with van der Waals surface area (Å²) < 4.78 is 38.8. The lowest BCUT2D eigenvalue weighted by molar-refractivity contribution is -0.137. The Morgan fingerprint density at radius 3 is 2.60 bits per heavy atom. The summed E-state index contributed by atoms with van der Waals surface area (Å²) in [5.41, 5.74) is 4.23. The molecule has 5 rings (SSSR count). The van der Waals surface area contributed by atoms with Crippen LogP contribution >= 0.6 is 0 Å². The molecule has 2 heterocycles. The van der Waals surface area contributed by atoms with E-state index in [1.165, 1.54) is 18.5 Å². The third-order valence-corrected chi connectivity index (χ3v) is 6.22. The number of nitrogens with one attached hydrogen (secondary N) is 1. The normalized spacial score (nSPS) is 14.9. The number of hydrogen-bond acceptors (Lipinski definition) is 4. The smallest absolute Gasteiger partial charge is 0.355 e. The second kappa shape index (κ2) is 8.66. The quantitative estimate of drug-likeness (QED) is 0.512. The highest BCUT2D eigenvalue weighted by Crippen LogP contribution is 2.42. The van der Waals surface area contributed by atoms with E-state index < -0.39 is 17.6 Å². The van der Waals surface area contributed by atoms with Gasteiger partial charge in [-0.15, -0.1) is 0 Å². The number of amides is 1. The fraction of sp³-hybridized carbons (Fsp3) is 0.259. The molecule has 1 aliphatic heterocycles. The first-order valence-electron chi connectivity index (χ1n) is 11.3. The molecule has 1 amide bonds. The van der Waals surface area contributed by atoms with Gasteiger partial charge >= 0.3 is 6.18 Å². The number of aryl methyl sites for hydroxylation is 1. The molecule has 2 aliphatic rings. The summed E-state index contributed by atoms with van der Waals surface area (Å²) in [7, 11) is 2.07. The molecule has 35 heavy (non-hydrogen) atoms. The number of aromatic nitrogens is 1. The van der Waals surface area contributed by atoms with Crippen molar-refractivity contribution in [1.29, 1.82) is 0 Å². The summed E-state index contributed by atoms with van der Waals surface area (Å²) in [6.07, 6.45) is -1.02. The molecule has 0 atom stereocenters. The van der Waals surface area contributed by atoms with Crippen molar-refractivity contribution in [2.24, 2.45) is 0 Å². The van der Waals surface area contributed by atoms with Crippen molar-refractivity contribution in [3.63, 3.8) is 0 Å². The third kappa shape index (κ3) is 4.80.